The molecular weight excluding hydrogens is 223 g/mol. The number of hydrogen-bond acceptors (Lipinski definition) is 2. The molecule has 1 aromatic carbocycles. The van der Waals surface area contributed by atoms with Crippen LogP contribution in [0.1, 0.15) is 25.3 Å². The van der Waals surface area contributed by atoms with Crippen molar-refractivity contribution in [3.05, 3.63) is 29.8 Å². The van der Waals surface area contributed by atoms with E-state index >= 15 is 0 Å². The van der Waals surface area contributed by atoms with Crippen molar-refractivity contribution in [2.75, 3.05) is 7.11 Å². The normalized spacial score (nSPS) is 31.7. The highest BCUT2D eigenvalue weighted by molar-refractivity contribution is 5.83. The zero-order valence-corrected chi connectivity index (χ0v) is 9.87. The first-order valence-corrected chi connectivity index (χ1v) is 5.46. The molecule has 1 saturated carbocycles. The van der Waals surface area contributed by atoms with Gasteiger partial charge < -0.3 is 9.84 Å². The Morgan fingerprint density at radius 2 is 1.88 bits per heavy atom. The maximum Gasteiger partial charge on any atom is 0.314 e. The molecule has 0 amide bonds. The van der Waals surface area contributed by atoms with E-state index in [9.17, 15) is 14.3 Å². The maximum absolute atomic E-state index is 13.6. The van der Waals surface area contributed by atoms with E-state index in [0.717, 1.165) is 0 Å². The average Bonchev–Trinajstić information content (AvgIpc) is 2.25. The lowest BCUT2D eigenvalue weighted by atomic mass is 9.57. The van der Waals surface area contributed by atoms with Crippen LogP contribution in [0.5, 0.6) is 5.75 Å². The molecule has 0 heterocycles. The van der Waals surface area contributed by atoms with Gasteiger partial charge in [-0.25, -0.2) is 4.39 Å². The molecule has 1 fully saturated rings. The average molecular weight is 238 g/mol. The largest absolute Gasteiger partial charge is 0.497 e. The maximum atomic E-state index is 13.6. The van der Waals surface area contributed by atoms with Crippen LogP contribution in [-0.2, 0) is 10.2 Å². The minimum absolute atomic E-state index is 0.0294. The van der Waals surface area contributed by atoms with Gasteiger partial charge in [0.05, 0.1) is 12.5 Å². The van der Waals surface area contributed by atoms with Crippen molar-refractivity contribution < 1.29 is 19.0 Å². The summed E-state index contributed by atoms with van der Waals surface area (Å²) < 4.78 is 18.6. The van der Waals surface area contributed by atoms with E-state index in [0.29, 0.717) is 11.3 Å². The van der Waals surface area contributed by atoms with Gasteiger partial charge in [-0.2, -0.15) is 0 Å². The van der Waals surface area contributed by atoms with Crippen molar-refractivity contribution in [3.8, 4) is 5.75 Å². The number of rotatable bonds is 3. The molecule has 0 bridgehead atoms. The van der Waals surface area contributed by atoms with E-state index in [2.05, 4.69) is 0 Å². The zero-order chi connectivity index (χ0) is 12.7. The molecule has 1 aliphatic carbocycles. The number of carbonyl (C=O) groups is 1. The lowest BCUT2D eigenvalue weighted by molar-refractivity contribution is -0.155. The Morgan fingerprint density at radius 3 is 2.24 bits per heavy atom. The second-order valence-electron chi connectivity index (χ2n) is 4.88. The number of alkyl halides is 1. The van der Waals surface area contributed by atoms with E-state index in [4.69, 9.17) is 4.74 Å². The van der Waals surface area contributed by atoms with Crippen LogP contribution in [0.15, 0.2) is 24.3 Å². The van der Waals surface area contributed by atoms with Crippen LogP contribution in [0, 0.1) is 0 Å². The summed E-state index contributed by atoms with van der Waals surface area (Å²) in [6.07, 6.45) is 0.0589. The van der Waals surface area contributed by atoms with Crippen LogP contribution in [0.3, 0.4) is 0 Å². The Bertz CT molecular complexity index is 428. The number of hydrogen-bond donors (Lipinski definition) is 1. The molecule has 0 atom stereocenters. The van der Waals surface area contributed by atoms with Gasteiger partial charge in [-0.1, -0.05) is 12.1 Å². The molecule has 0 radical (unpaired) electrons. The number of halogens is 1. The van der Waals surface area contributed by atoms with E-state index in [-0.39, 0.29) is 12.8 Å². The number of carboxylic acid groups (broad SMARTS) is 1. The Hall–Kier alpha value is -1.58. The number of ether oxygens (including phenoxy) is 1. The van der Waals surface area contributed by atoms with E-state index in [1.54, 1.807) is 31.4 Å². The van der Waals surface area contributed by atoms with E-state index < -0.39 is 17.1 Å². The molecule has 0 spiro atoms. The SMILES string of the molecule is COc1ccc(C2(C(=O)O)CC(C)(F)C2)cc1. The summed E-state index contributed by atoms with van der Waals surface area (Å²) in [4.78, 5) is 11.3. The van der Waals surface area contributed by atoms with Crippen molar-refractivity contribution >= 4 is 5.97 Å². The lowest BCUT2D eigenvalue weighted by Gasteiger charge is -2.47. The standard InChI is InChI=1S/C13H15FO3/c1-12(14)7-13(8-12,11(15)16)9-3-5-10(17-2)6-4-9/h3-6H,7-8H2,1-2H3,(H,15,16). The summed E-state index contributed by atoms with van der Waals surface area (Å²) >= 11 is 0. The summed E-state index contributed by atoms with van der Waals surface area (Å²) in [6.45, 7) is 1.44. The molecule has 0 saturated heterocycles. The third-order valence-corrected chi connectivity index (χ3v) is 3.39. The first kappa shape index (κ1) is 11.9. The fourth-order valence-corrected chi connectivity index (χ4v) is 2.60. The number of benzene rings is 1. The van der Waals surface area contributed by atoms with Crippen LogP contribution in [0.25, 0.3) is 0 Å². The lowest BCUT2D eigenvalue weighted by Crippen LogP contribution is -2.55. The number of carboxylic acids is 1. The van der Waals surface area contributed by atoms with Gasteiger partial charge in [-0.15, -0.1) is 0 Å². The Labute approximate surface area is 99.2 Å². The van der Waals surface area contributed by atoms with Crippen LogP contribution in [-0.4, -0.2) is 23.9 Å². The van der Waals surface area contributed by atoms with Crippen molar-refractivity contribution in [3.63, 3.8) is 0 Å². The predicted molar refractivity (Wildman–Crippen MR) is 61.1 cm³/mol. The first-order valence-electron chi connectivity index (χ1n) is 5.46. The molecule has 0 unspecified atom stereocenters. The van der Waals surface area contributed by atoms with Crippen LogP contribution >= 0.6 is 0 Å². The highest BCUT2D eigenvalue weighted by Crippen LogP contribution is 2.52. The molecule has 0 aromatic heterocycles. The van der Waals surface area contributed by atoms with Gasteiger partial charge in [-0.05, 0) is 24.6 Å². The second kappa shape index (κ2) is 3.72. The molecule has 2 rings (SSSR count). The molecule has 4 heteroatoms. The van der Waals surface area contributed by atoms with Crippen molar-refractivity contribution in [1.29, 1.82) is 0 Å². The Balaban J connectivity index is 2.32. The fraction of sp³-hybridized carbons (Fsp3) is 0.462. The van der Waals surface area contributed by atoms with Gasteiger partial charge in [0, 0.05) is 12.8 Å². The minimum atomic E-state index is -1.38. The molecule has 0 aliphatic heterocycles. The molecule has 17 heavy (non-hydrogen) atoms. The molecule has 1 N–H and O–H groups in total. The first-order chi connectivity index (χ1) is 7.89. The van der Waals surface area contributed by atoms with Gasteiger partial charge >= 0.3 is 5.97 Å². The summed E-state index contributed by atoms with van der Waals surface area (Å²) in [5, 5.41) is 9.30. The molecule has 1 aromatic rings. The minimum Gasteiger partial charge on any atom is -0.497 e. The van der Waals surface area contributed by atoms with Gasteiger partial charge in [-0.3, -0.25) is 4.79 Å². The third kappa shape index (κ3) is 1.88. The summed E-state index contributed by atoms with van der Waals surface area (Å²) in [6, 6.07) is 6.80. The van der Waals surface area contributed by atoms with Crippen molar-refractivity contribution in [1.82, 2.24) is 0 Å². The highest BCUT2D eigenvalue weighted by atomic mass is 19.1. The summed E-state index contributed by atoms with van der Waals surface area (Å²) in [7, 11) is 1.55. The van der Waals surface area contributed by atoms with E-state index in [1.807, 2.05) is 0 Å². The quantitative estimate of drug-likeness (QED) is 0.880. The smallest absolute Gasteiger partial charge is 0.314 e. The molecular formula is C13H15FO3. The third-order valence-electron chi connectivity index (χ3n) is 3.39. The number of methoxy groups -OCH3 is 1. The summed E-state index contributed by atoms with van der Waals surface area (Å²) in [5.74, 6) is -0.297. The molecule has 1 aliphatic rings. The Morgan fingerprint density at radius 1 is 1.35 bits per heavy atom. The van der Waals surface area contributed by atoms with Crippen LogP contribution in [0.4, 0.5) is 4.39 Å². The van der Waals surface area contributed by atoms with E-state index in [1.165, 1.54) is 6.92 Å². The predicted octanol–water partition coefficient (Wildman–Crippen LogP) is 2.54. The van der Waals surface area contributed by atoms with Gasteiger partial charge in [0.15, 0.2) is 0 Å². The monoisotopic (exact) mass is 238 g/mol. The topological polar surface area (TPSA) is 46.5 Å². The van der Waals surface area contributed by atoms with Crippen molar-refractivity contribution in [2.45, 2.75) is 30.8 Å². The second-order valence-corrected chi connectivity index (χ2v) is 4.88. The molecule has 92 valence electrons. The fourth-order valence-electron chi connectivity index (χ4n) is 2.60. The molecule has 3 nitrogen and oxygen atoms in total. The van der Waals surface area contributed by atoms with Gasteiger partial charge in [0.25, 0.3) is 0 Å². The summed E-state index contributed by atoms with van der Waals surface area (Å²) in [5.41, 5.74) is -1.81. The van der Waals surface area contributed by atoms with Crippen molar-refractivity contribution in [2.24, 2.45) is 0 Å². The highest BCUT2D eigenvalue weighted by Gasteiger charge is 2.58. The zero-order valence-electron chi connectivity index (χ0n) is 9.87. The number of aliphatic carboxylic acids is 1. The Kier molecular flexibility index (Phi) is 2.60. The van der Waals surface area contributed by atoms with Gasteiger partial charge in [0.1, 0.15) is 11.4 Å². The van der Waals surface area contributed by atoms with Crippen LogP contribution < -0.4 is 4.74 Å². The van der Waals surface area contributed by atoms with Gasteiger partial charge in [0.2, 0.25) is 0 Å². The van der Waals surface area contributed by atoms with Crippen LogP contribution in [0.2, 0.25) is 0 Å².